The molecule has 124 valence electrons. The fraction of sp³-hybridized carbons (Fsp3) is 1.00. The molecule has 3 atom stereocenters. The highest BCUT2D eigenvalue weighted by atomic mass is 15.3. The number of nitrogens with two attached hydrogens (primary N) is 1. The van der Waals surface area contributed by atoms with E-state index in [-0.39, 0.29) is 0 Å². The molecule has 3 unspecified atom stereocenters. The maximum atomic E-state index is 6.15. The SMILES string of the molecule is CC1CCCC(C(CN)N2CCN(CCN(C)C)CC2)C1. The van der Waals surface area contributed by atoms with Gasteiger partial charge in [0.2, 0.25) is 0 Å². The van der Waals surface area contributed by atoms with Gasteiger partial charge in [-0.25, -0.2) is 0 Å². The van der Waals surface area contributed by atoms with E-state index in [1.807, 2.05) is 0 Å². The van der Waals surface area contributed by atoms with Crippen molar-refractivity contribution in [1.29, 1.82) is 0 Å². The Balaban J connectivity index is 1.79. The molecule has 1 heterocycles. The highest BCUT2D eigenvalue weighted by molar-refractivity contribution is 4.87. The van der Waals surface area contributed by atoms with Crippen molar-refractivity contribution in [3.05, 3.63) is 0 Å². The molecular weight excluding hydrogens is 260 g/mol. The van der Waals surface area contributed by atoms with Crippen molar-refractivity contribution in [2.45, 2.75) is 38.6 Å². The van der Waals surface area contributed by atoms with Crippen molar-refractivity contribution in [3.8, 4) is 0 Å². The molecule has 0 bridgehead atoms. The van der Waals surface area contributed by atoms with Gasteiger partial charge in [-0.2, -0.15) is 0 Å². The van der Waals surface area contributed by atoms with Crippen molar-refractivity contribution < 1.29 is 0 Å². The molecule has 1 saturated carbocycles. The van der Waals surface area contributed by atoms with E-state index in [1.165, 1.54) is 65.0 Å². The summed E-state index contributed by atoms with van der Waals surface area (Å²) in [6.07, 6.45) is 5.62. The summed E-state index contributed by atoms with van der Waals surface area (Å²) in [6, 6.07) is 0.628. The smallest absolute Gasteiger partial charge is 0.0247 e. The van der Waals surface area contributed by atoms with Crippen LogP contribution in [0, 0.1) is 11.8 Å². The van der Waals surface area contributed by atoms with E-state index in [9.17, 15) is 0 Å². The summed E-state index contributed by atoms with van der Waals surface area (Å²) in [5.74, 6) is 1.74. The van der Waals surface area contributed by atoms with Gasteiger partial charge in [-0.05, 0) is 38.8 Å². The van der Waals surface area contributed by atoms with Crippen LogP contribution in [0.25, 0.3) is 0 Å². The quantitative estimate of drug-likeness (QED) is 0.802. The lowest BCUT2D eigenvalue weighted by atomic mass is 9.78. The zero-order chi connectivity index (χ0) is 15.2. The maximum absolute atomic E-state index is 6.15. The molecule has 1 aliphatic heterocycles. The Kier molecular flexibility index (Phi) is 6.93. The van der Waals surface area contributed by atoms with Crippen LogP contribution < -0.4 is 5.73 Å². The van der Waals surface area contributed by atoms with Crippen molar-refractivity contribution in [3.63, 3.8) is 0 Å². The lowest BCUT2D eigenvalue weighted by molar-refractivity contribution is 0.0536. The largest absolute Gasteiger partial charge is 0.329 e. The second-order valence-corrected chi connectivity index (χ2v) is 7.52. The molecule has 2 fully saturated rings. The number of hydrogen-bond acceptors (Lipinski definition) is 4. The fourth-order valence-electron chi connectivity index (χ4n) is 4.13. The topological polar surface area (TPSA) is 35.7 Å². The van der Waals surface area contributed by atoms with Gasteiger partial charge in [0.25, 0.3) is 0 Å². The van der Waals surface area contributed by atoms with Crippen LogP contribution in [0.3, 0.4) is 0 Å². The van der Waals surface area contributed by atoms with Gasteiger partial charge in [-0.3, -0.25) is 9.80 Å². The predicted octanol–water partition coefficient (Wildman–Crippen LogP) is 1.32. The van der Waals surface area contributed by atoms with Gasteiger partial charge < -0.3 is 10.6 Å². The predicted molar refractivity (Wildman–Crippen MR) is 90.5 cm³/mol. The third-order valence-electron chi connectivity index (χ3n) is 5.50. The normalized spacial score (nSPS) is 30.7. The number of rotatable bonds is 6. The summed E-state index contributed by atoms with van der Waals surface area (Å²) in [4.78, 5) is 7.57. The van der Waals surface area contributed by atoms with Gasteiger partial charge in [0, 0.05) is 51.9 Å². The molecule has 4 heteroatoms. The van der Waals surface area contributed by atoms with E-state index in [0.29, 0.717) is 6.04 Å². The molecule has 0 aromatic carbocycles. The van der Waals surface area contributed by atoms with E-state index >= 15 is 0 Å². The van der Waals surface area contributed by atoms with Crippen molar-refractivity contribution >= 4 is 0 Å². The Labute approximate surface area is 131 Å². The van der Waals surface area contributed by atoms with Gasteiger partial charge in [-0.15, -0.1) is 0 Å². The third-order valence-corrected chi connectivity index (χ3v) is 5.50. The Bertz CT molecular complexity index is 287. The van der Waals surface area contributed by atoms with Gasteiger partial charge in [0.05, 0.1) is 0 Å². The van der Waals surface area contributed by atoms with E-state index in [2.05, 4.69) is 35.7 Å². The number of piperazine rings is 1. The summed E-state index contributed by atoms with van der Waals surface area (Å²) in [7, 11) is 4.32. The average Bonchev–Trinajstić information content (AvgIpc) is 2.47. The zero-order valence-electron chi connectivity index (χ0n) is 14.4. The first kappa shape index (κ1) is 17.2. The lowest BCUT2D eigenvalue weighted by Crippen LogP contribution is -2.55. The van der Waals surface area contributed by atoms with Crippen molar-refractivity contribution in [2.24, 2.45) is 17.6 Å². The fourth-order valence-corrected chi connectivity index (χ4v) is 4.13. The maximum Gasteiger partial charge on any atom is 0.0247 e. The van der Waals surface area contributed by atoms with Crippen molar-refractivity contribution in [2.75, 3.05) is 59.9 Å². The third kappa shape index (κ3) is 5.20. The molecule has 1 saturated heterocycles. The Hall–Kier alpha value is -0.160. The summed E-state index contributed by atoms with van der Waals surface area (Å²) in [6.45, 7) is 10.5. The highest BCUT2D eigenvalue weighted by Gasteiger charge is 2.31. The first-order valence-corrected chi connectivity index (χ1v) is 8.91. The summed E-state index contributed by atoms with van der Waals surface area (Å²) in [5.41, 5.74) is 6.15. The molecule has 2 N–H and O–H groups in total. The second-order valence-electron chi connectivity index (χ2n) is 7.52. The summed E-state index contributed by atoms with van der Waals surface area (Å²) < 4.78 is 0. The van der Waals surface area contributed by atoms with Crippen LogP contribution in [0.4, 0.5) is 0 Å². The monoisotopic (exact) mass is 296 g/mol. The minimum atomic E-state index is 0.628. The molecule has 1 aliphatic carbocycles. The van der Waals surface area contributed by atoms with Crippen LogP contribution >= 0.6 is 0 Å². The molecule has 0 amide bonds. The van der Waals surface area contributed by atoms with Crippen LogP contribution in [-0.4, -0.2) is 80.7 Å². The van der Waals surface area contributed by atoms with E-state index in [1.54, 1.807) is 0 Å². The first-order chi connectivity index (χ1) is 10.1. The molecule has 4 nitrogen and oxygen atoms in total. The first-order valence-electron chi connectivity index (χ1n) is 8.91. The molecule has 0 radical (unpaired) electrons. The standard InChI is InChI=1S/C17H36N4/c1-15-5-4-6-16(13-15)17(14-18)21-11-9-20(10-12-21)8-7-19(2)3/h15-17H,4-14,18H2,1-3H3. The number of hydrogen-bond donors (Lipinski definition) is 1. The number of nitrogens with zero attached hydrogens (tertiary/aromatic N) is 3. The minimum Gasteiger partial charge on any atom is -0.329 e. The summed E-state index contributed by atoms with van der Waals surface area (Å²) >= 11 is 0. The Morgan fingerprint density at radius 1 is 1.14 bits per heavy atom. The lowest BCUT2D eigenvalue weighted by Gasteiger charge is -2.44. The molecule has 21 heavy (non-hydrogen) atoms. The van der Waals surface area contributed by atoms with Gasteiger partial charge in [0.1, 0.15) is 0 Å². The molecular formula is C17H36N4. The van der Waals surface area contributed by atoms with Crippen molar-refractivity contribution in [1.82, 2.24) is 14.7 Å². The van der Waals surface area contributed by atoms with Crippen LogP contribution in [-0.2, 0) is 0 Å². The molecule has 0 spiro atoms. The minimum absolute atomic E-state index is 0.628. The van der Waals surface area contributed by atoms with Crippen LogP contribution in [0.1, 0.15) is 32.6 Å². The Morgan fingerprint density at radius 3 is 2.43 bits per heavy atom. The highest BCUT2D eigenvalue weighted by Crippen LogP contribution is 2.32. The van der Waals surface area contributed by atoms with E-state index in [0.717, 1.165) is 18.4 Å². The van der Waals surface area contributed by atoms with Gasteiger partial charge in [-0.1, -0.05) is 19.8 Å². The van der Waals surface area contributed by atoms with Crippen LogP contribution in [0.5, 0.6) is 0 Å². The zero-order valence-corrected chi connectivity index (χ0v) is 14.4. The van der Waals surface area contributed by atoms with Crippen LogP contribution in [0.2, 0.25) is 0 Å². The van der Waals surface area contributed by atoms with E-state index in [4.69, 9.17) is 5.73 Å². The Morgan fingerprint density at radius 2 is 1.86 bits per heavy atom. The van der Waals surface area contributed by atoms with Gasteiger partial charge >= 0.3 is 0 Å². The second kappa shape index (κ2) is 8.47. The molecule has 0 aromatic heterocycles. The van der Waals surface area contributed by atoms with Crippen LogP contribution in [0.15, 0.2) is 0 Å². The molecule has 0 aromatic rings. The molecule has 2 rings (SSSR count). The number of likely N-dealkylation sites (N-methyl/N-ethyl adjacent to an activating group) is 1. The van der Waals surface area contributed by atoms with E-state index < -0.39 is 0 Å². The van der Waals surface area contributed by atoms with Gasteiger partial charge in [0.15, 0.2) is 0 Å². The molecule has 2 aliphatic rings. The average molecular weight is 297 g/mol. The summed E-state index contributed by atoms with van der Waals surface area (Å²) in [5, 5.41) is 0.